The first-order valence-electron chi connectivity index (χ1n) is 10.1. The molecule has 2 rings (SSSR count). The molecule has 0 saturated carbocycles. The number of Topliss-reactive ketones (excluding diaryl/α,β-unsaturated/α-hetero) is 1. The second-order valence-electron chi connectivity index (χ2n) is 7.14. The van der Waals surface area contributed by atoms with Gasteiger partial charge in [0.25, 0.3) is 0 Å². The van der Waals surface area contributed by atoms with E-state index in [1.807, 2.05) is 64.1 Å². The maximum absolute atomic E-state index is 12.5. The van der Waals surface area contributed by atoms with Gasteiger partial charge in [-0.1, -0.05) is 43.7 Å². The lowest BCUT2D eigenvalue weighted by atomic mass is 9.98. The predicted molar refractivity (Wildman–Crippen MR) is 122 cm³/mol. The minimum Gasteiger partial charge on any atom is -0.457 e. The Bertz CT molecular complexity index is 923. The van der Waals surface area contributed by atoms with Gasteiger partial charge >= 0.3 is 5.97 Å². The molecule has 1 N–H and O–H groups in total. The topological polar surface area (TPSA) is 72.5 Å². The summed E-state index contributed by atoms with van der Waals surface area (Å²) in [4.78, 5) is 36.5. The molecule has 6 heteroatoms. The van der Waals surface area contributed by atoms with Crippen LogP contribution in [-0.2, 0) is 27.2 Å². The number of hydrogen-bond donors (Lipinski definition) is 1. The Hall–Kier alpha value is -2.60. The van der Waals surface area contributed by atoms with Crippen LogP contribution in [0, 0.1) is 13.8 Å². The van der Waals surface area contributed by atoms with Crippen molar-refractivity contribution in [1.29, 1.82) is 0 Å². The number of ketones is 1. The summed E-state index contributed by atoms with van der Waals surface area (Å²) in [6.45, 7) is 7.67. The number of carbonyl (C=O) groups excluding carboxylic acids is 3. The van der Waals surface area contributed by atoms with Gasteiger partial charge in [0, 0.05) is 11.3 Å². The SMILES string of the molecule is CCc1ccc(CC)c(C(=O)COC(=O)CSCC(=O)Nc2ccc(C)cc2C)c1. The number of benzene rings is 2. The normalized spacial score (nSPS) is 10.5. The van der Waals surface area contributed by atoms with Gasteiger partial charge in [-0.3, -0.25) is 14.4 Å². The van der Waals surface area contributed by atoms with Gasteiger partial charge in [0.05, 0.1) is 11.5 Å². The average Bonchev–Trinajstić information content (AvgIpc) is 2.73. The first-order valence-corrected chi connectivity index (χ1v) is 11.2. The van der Waals surface area contributed by atoms with E-state index < -0.39 is 5.97 Å². The molecule has 0 fully saturated rings. The van der Waals surface area contributed by atoms with Crippen LogP contribution in [0.3, 0.4) is 0 Å². The molecular weight excluding hydrogens is 398 g/mol. The molecule has 0 aliphatic rings. The highest BCUT2D eigenvalue weighted by molar-refractivity contribution is 8.00. The fraction of sp³-hybridized carbons (Fsp3) is 0.375. The van der Waals surface area contributed by atoms with Crippen molar-refractivity contribution in [3.8, 4) is 0 Å². The van der Waals surface area contributed by atoms with Crippen molar-refractivity contribution in [2.24, 2.45) is 0 Å². The Balaban J connectivity index is 1.77. The number of hydrogen-bond acceptors (Lipinski definition) is 5. The summed E-state index contributed by atoms with van der Waals surface area (Å²) in [6, 6.07) is 11.6. The number of amides is 1. The van der Waals surface area contributed by atoms with Crippen molar-refractivity contribution in [1.82, 2.24) is 0 Å². The molecule has 30 heavy (non-hydrogen) atoms. The Morgan fingerprint density at radius 1 is 0.967 bits per heavy atom. The maximum atomic E-state index is 12.5. The molecule has 0 saturated heterocycles. The van der Waals surface area contributed by atoms with Crippen molar-refractivity contribution in [3.05, 3.63) is 64.2 Å². The van der Waals surface area contributed by atoms with Crippen LogP contribution in [0.4, 0.5) is 5.69 Å². The zero-order valence-electron chi connectivity index (χ0n) is 18.0. The predicted octanol–water partition coefficient (Wildman–Crippen LogP) is 4.53. The van der Waals surface area contributed by atoms with Crippen LogP contribution in [0.25, 0.3) is 0 Å². The van der Waals surface area contributed by atoms with Gasteiger partial charge in [-0.05, 0) is 55.5 Å². The molecule has 2 aromatic carbocycles. The van der Waals surface area contributed by atoms with Crippen LogP contribution in [0.2, 0.25) is 0 Å². The Labute approximate surface area is 182 Å². The monoisotopic (exact) mass is 427 g/mol. The highest BCUT2D eigenvalue weighted by atomic mass is 32.2. The smallest absolute Gasteiger partial charge is 0.316 e. The van der Waals surface area contributed by atoms with Gasteiger partial charge < -0.3 is 10.1 Å². The third-order valence-corrected chi connectivity index (χ3v) is 5.64. The third-order valence-electron chi connectivity index (χ3n) is 4.74. The Morgan fingerprint density at radius 2 is 1.73 bits per heavy atom. The summed E-state index contributed by atoms with van der Waals surface area (Å²) in [5.74, 6) is -0.733. The fourth-order valence-electron chi connectivity index (χ4n) is 3.04. The van der Waals surface area contributed by atoms with E-state index in [4.69, 9.17) is 4.74 Å². The lowest BCUT2D eigenvalue weighted by molar-refractivity contribution is -0.139. The van der Waals surface area contributed by atoms with Gasteiger partial charge in [0.2, 0.25) is 11.7 Å². The number of nitrogens with one attached hydrogen (secondary N) is 1. The summed E-state index contributed by atoms with van der Waals surface area (Å²) in [7, 11) is 0. The zero-order chi connectivity index (χ0) is 22.1. The molecule has 0 aromatic heterocycles. The number of ether oxygens (including phenoxy) is 1. The number of carbonyl (C=O) groups is 3. The van der Waals surface area contributed by atoms with E-state index in [0.717, 1.165) is 52.5 Å². The highest BCUT2D eigenvalue weighted by Crippen LogP contribution is 2.17. The van der Waals surface area contributed by atoms with E-state index in [-0.39, 0.29) is 29.8 Å². The van der Waals surface area contributed by atoms with Crippen LogP contribution < -0.4 is 5.32 Å². The zero-order valence-corrected chi connectivity index (χ0v) is 18.9. The van der Waals surface area contributed by atoms with Crippen molar-refractivity contribution >= 4 is 35.1 Å². The first-order chi connectivity index (χ1) is 14.3. The fourth-order valence-corrected chi connectivity index (χ4v) is 3.65. The van der Waals surface area contributed by atoms with Crippen molar-refractivity contribution in [3.63, 3.8) is 0 Å². The van der Waals surface area contributed by atoms with E-state index >= 15 is 0 Å². The molecule has 1 amide bonds. The van der Waals surface area contributed by atoms with Crippen LogP contribution in [-0.4, -0.2) is 35.8 Å². The first kappa shape index (κ1) is 23.7. The van der Waals surface area contributed by atoms with Crippen molar-refractivity contribution < 1.29 is 19.1 Å². The molecule has 5 nitrogen and oxygen atoms in total. The van der Waals surface area contributed by atoms with Crippen LogP contribution in [0.1, 0.15) is 46.5 Å². The Morgan fingerprint density at radius 3 is 2.40 bits per heavy atom. The molecule has 0 heterocycles. The Kier molecular flexibility index (Phi) is 9.12. The minimum atomic E-state index is -0.502. The van der Waals surface area contributed by atoms with Crippen molar-refractivity contribution in [2.75, 3.05) is 23.4 Å². The molecule has 0 spiro atoms. The number of esters is 1. The van der Waals surface area contributed by atoms with E-state index in [2.05, 4.69) is 5.32 Å². The van der Waals surface area contributed by atoms with Gasteiger partial charge in [0.15, 0.2) is 6.61 Å². The minimum absolute atomic E-state index is 0.0171. The number of aryl methyl sites for hydroxylation is 4. The van der Waals surface area contributed by atoms with Crippen LogP contribution in [0.15, 0.2) is 36.4 Å². The lowest BCUT2D eigenvalue weighted by Gasteiger charge is -2.10. The van der Waals surface area contributed by atoms with Gasteiger partial charge in [-0.15, -0.1) is 11.8 Å². The molecule has 0 atom stereocenters. The van der Waals surface area contributed by atoms with Crippen LogP contribution in [0.5, 0.6) is 0 Å². The standard InChI is InChI=1S/C24H29NO4S/c1-5-18-8-9-19(6-2)20(12-18)22(26)13-29-24(28)15-30-14-23(27)25-21-10-7-16(3)11-17(21)4/h7-12H,5-6,13-15H2,1-4H3,(H,25,27). The summed E-state index contributed by atoms with van der Waals surface area (Å²) in [6.07, 6.45) is 1.58. The van der Waals surface area contributed by atoms with E-state index in [9.17, 15) is 14.4 Å². The van der Waals surface area contributed by atoms with Crippen molar-refractivity contribution in [2.45, 2.75) is 40.5 Å². The molecule has 2 aromatic rings. The van der Waals surface area contributed by atoms with Gasteiger partial charge in [-0.2, -0.15) is 0 Å². The van der Waals surface area contributed by atoms with E-state index in [0.29, 0.717) is 5.56 Å². The second kappa shape index (κ2) is 11.6. The molecular formula is C24H29NO4S. The third kappa shape index (κ3) is 7.02. The maximum Gasteiger partial charge on any atom is 0.316 e. The van der Waals surface area contributed by atoms with E-state index in [1.54, 1.807) is 0 Å². The molecule has 0 aliphatic carbocycles. The largest absolute Gasteiger partial charge is 0.457 e. The summed E-state index contributed by atoms with van der Waals surface area (Å²) in [5, 5.41) is 2.84. The highest BCUT2D eigenvalue weighted by Gasteiger charge is 2.14. The van der Waals surface area contributed by atoms with Gasteiger partial charge in [-0.25, -0.2) is 0 Å². The summed E-state index contributed by atoms with van der Waals surface area (Å²) < 4.78 is 5.12. The summed E-state index contributed by atoms with van der Waals surface area (Å²) >= 11 is 1.16. The average molecular weight is 428 g/mol. The molecule has 0 unspecified atom stereocenters. The van der Waals surface area contributed by atoms with Gasteiger partial charge in [0.1, 0.15) is 0 Å². The number of rotatable bonds is 10. The van der Waals surface area contributed by atoms with Crippen LogP contribution >= 0.6 is 11.8 Å². The van der Waals surface area contributed by atoms with E-state index in [1.165, 1.54) is 0 Å². The lowest BCUT2D eigenvalue weighted by Crippen LogP contribution is -2.19. The molecule has 0 aliphatic heterocycles. The number of anilines is 1. The summed E-state index contributed by atoms with van der Waals surface area (Å²) in [5.41, 5.74) is 5.53. The second-order valence-corrected chi connectivity index (χ2v) is 8.13. The molecule has 160 valence electrons. The quantitative estimate of drug-likeness (QED) is 0.446. The molecule has 0 bridgehead atoms. The molecule has 0 radical (unpaired) electrons. The number of thioether (sulfide) groups is 1.